The first-order chi connectivity index (χ1) is 11.9. The van der Waals surface area contributed by atoms with E-state index in [9.17, 15) is 0 Å². The van der Waals surface area contributed by atoms with Gasteiger partial charge in [0.2, 0.25) is 0 Å². The Kier molecular flexibility index (Phi) is 5.50. The minimum absolute atomic E-state index is 0.748. The van der Waals surface area contributed by atoms with E-state index >= 15 is 0 Å². The van der Waals surface area contributed by atoms with Crippen LogP contribution in [0.3, 0.4) is 0 Å². The molecule has 0 saturated carbocycles. The quantitative estimate of drug-likeness (QED) is 0.592. The van der Waals surface area contributed by atoms with Gasteiger partial charge in [0, 0.05) is 24.0 Å². The molecule has 0 aliphatic carbocycles. The fourth-order valence-corrected chi connectivity index (χ4v) is 2.43. The second kappa shape index (κ2) is 8.42. The van der Waals surface area contributed by atoms with Gasteiger partial charge in [0.25, 0.3) is 0 Å². The van der Waals surface area contributed by atoms with Crippen molar-refractivity contribution in [3.8, 4) is 23.7 Å². The van der Waals surface area contributed by atoms with Gasteiger partial charge in [-0.3, -0.25) is 0 Å². The van der Waals surface area contributed by atoms with Crippen molar-refractivity contribution in [2.45, 2.75) is 12.8 Å². The van der Waals surface area contributed by atoms with Crippen molar-refractivity contribution >= 4 is 0 Å². The maximum atomic E-state index is 3.27. The third-order valence-electron chi connectivity index (χ3n) is 3.69. The predicted octanol–water partition coefficient (Wildman–Crippen LogP) is 4.88. The summed E-state index contributed by atoms with van der Waals surface area (Å²) < 4.78 is 0. The lowest BCUT2D eigenvalue weighted by molar-refractivity contribution is 1.19. The predicted molar refractivity (Wildman–Crippen MR) is 100 cm³/mol. The minimum atomic E-state index is 0.748. The van der Waals surface area contributed by atoms with E-state index in [2.05, 4.69) is 47.9 Å². The van der Waals surface area contributed by atoms with Crippen LogP contribution >= 0.6 is 0 Å². The molecule has 24 heavy (non-hydrogen) atoms. The lowest BCUT2D eigenvalue weighted by atomic mass is 10.0. The van der Waals surface area contributed by atoms with E-state index in [4.69, 9.17) is 0 Å². The molecule has 3 aromatic carbocycles. The summed E-state index contributed by atoms with van der Waals surface area (Å²) in [5.41, 5.74) is 4.62. The molecule has 0 aliphatic heterocycles. The maximum Gasteiger partial charge on any atom is 0.0347 e. The molecule has 0 nitrogen and oxygen atoms in total. The van der Waals surface area contributed by atoms with E-state index in [1.54, 1.807) is 0 Å². The van der Waals surface area contributed by atoms with Gasteiger partial charge >= 0.3 is 0 Å². The third-order valence-corrected chi connectivity index (χ3v) is 3.69. The highest BCUT2D eigenvalue weighted by atomic mass is 14.0. The highest BCUT2D eigenvalue weighted by Gasteiger charge is 1.98. The average Bonchev–Trinajstić information content (AvgIpc) is 2.65. The fourth-order valence-electron chi connectivity index (χ4n) is 2.43. The lowest BCUT2D eigenvalue weighted by Crippen LogP contribution is -1.91. The first-order valence-electron chi connectivity index (χ1n) is 8.06. The van der Waals surface area contributed by atoms with Crippen LogP contribution in [0.25, 0.3) is 0 Å². The summed E-state index contributed by atoms with van der Waals surface area (Å²) in [6.45, 7) is 0. The molecule has 0 spiro atoms. The summed E-state index contributed by atoms with van der Waals surface area (Å²) in [6, 6.07) is 28.6. The van der Waals surface area contributed by atoms with Crippen LogP contribution < -0.4 is 0 Å². The molecule has 0 amide bonds. The molecule has 0 atom stereocenters. The first kappa shape index (κ1) is 15.7. The molecule has 0 bridgehead atoms. The number of hydrogen-bond acceptors (Lipinski definition) is 0. The molecular formula is C24H18. The molecule has 0 heterocycles. The Labute approximate surface area is 144 Å². The molecule has 3 aromatic rings. The summed E-state index contributed by atoms with van der Waals surface area (Å²) in [5, 5.41) is 0. The Bertz CT molecular complexity index is 819. The van der Waals surface area contributed by atoms with Crippen molar-refractivity contribution in [1.29, 1.82) is 0 Å². The van der Waals surface area contributed by atoms with Crippen LogP contribution in [0.1, 0.15) is 22.3 Å². The van der Waals surface area contributed by atoms with Crippen molar-refractivity contribution in [1.82, 2.24) is 0 Å². The molecule has 0 aromatic heterocycles. The van der Waals surface area contributed by atoms with Crippen molar-refractivity contribution in [2.24, 2.45) is 0 Å². The summed E-state index contributed by atoms with van der Waals surface area (Å²) in [6.07, 6.45) is 1.50. The van der Waals surface area contributed by atoms with Gasteiger partial charge in [0.1, 0.15) is 0 Å². The van der Waals surface area contributed by atoms with Gasteiger partial charge in [-0.05, 0) is 35.4 Å². The van der Waals surface area contributed by atoms with Crippen LogP contribution in [-0.4, -0.2) is 0 Å². The van der Waals surface area contributed by atoms with E-state index in [-0.39, 0.29) is 0 Å². The smallest absolute Gasteiger partial charge is 0.0347 e. The molecule has 0 N–H and O–H groups in total. The zero-order valence-corrected chi connectivity index (χ0v) is 13.5. The van der Waals surface area contributed by atoms with Crippen molar-refractivity contribution in [2.75, 3.05) is 0 Å². The molecule has 0 fully saturated rings. The van der Waals surface area contributed by atoms with Crippen LogP contribution in [0.5, 0.6) is 0 Å². The van der Waals surface area contributed by atoms with E-state index < -0.39 is 0 Å². The Morgan fingerprint density at radius 1 is 0.458 bits per heavy atom. The molecule has 0 radical (unpaired) electrons. The molecule has 0 unspecified atom stereocenters. The second-order valence-electron chi connectivity index (χ2n) is 5.46. The van der Waals surface area contributed by atoms with Crippen molar-refractivity contribution in [3.63, 3.8) is 0 Å². The Morgan fingerprint density at radius 3 is 1.25 bits per heavy atom. The monoisotopic (exact) mass is 306 g/mol. The van der Waals surface area contributed by atoms with E-state index in [1.807, 2.05) is 60.7 Å². The van der Waals surface area contributed by atoms with Crippen molar-refractivity contribution in [3.05, 3.63) is 107 Å². The minimum Gasteiger partial charge on any atom is -0.0931 e. The molecule has 0 aliphatic rings. The van der Waals surface area contributed by atoms with Crippen LogP contribution in [0.2, 0.25) is 0 Å². The molecular weight excluding hydrogens is 288 g/mol. The fraction of sp³-hybridized carbons (Fsp3) is 0.0833. The summed E-state index contributed by atoms with van der Waals surface area (Å²) >= 11 is 0. The summed E-state index contributed by atoms with van der Waals surface area (Å²) in [7, 11) is 0. The molecule has 0 saturated heterocycles. The number of rotatable bonds is 2. The van der Waals surface area contributed by atoms with Crippen LogP contribution in [0, 0.1) is 23.7 Å². The van der Waals surface area contributed by atoms with Gasteiger partial charge in [-0.2, -0.15) is 0 Å². The Balaban J connectivity index is 1.70. The number of hydrogen-bond donors (Lipinski definition) is 0. The van der Waals surface area contributed by atoms with Crippen LogP contribution in [-0.2, 0) is 12.8 Å². The zero-order valence-electron chi connectivity index (χ0n) is 13.5. The Hall–Kier alpha value is -3.22. The topological polar surface area (TPSA) is 0 Å². The molecule has 114 valence electrons. The van der Waals surface area contributed by atoms with E-state index in [0.29, 0.717) is 0 Å². The van der Waals surface area contributed by atoms with Gasteiger partial charge in [0.05, 0.1) is 0 Å². The lowest BCUT2D eigenvalue weighted by Gasteiger charge is -2.02. The van der Waals surface area contributed by atoms with Gasteiger partial charge in [-0.25, -0.2) is 0 Å². The van der Waals surface area contributed by atoms with E-state index in [1.165, 1.54) is 11.1 Å². The summed E-state index contributed by atoms with van der Waals surface area (Å²) in [4.78, 5) is 0. The second-order valence-corrected chi connectivity index (χ2v) is 5.46. The van der Waals surface area contributed by atoms with Crippen LogP contribution in [0.4, 0.5) is 0 Å². The molecule has 3 rings (SSSR count). The number of benzene rings is 3. The third kappa shape index (κ3) is 4.64. The van der Waals surface area contributed by atoms with Gasteiger partial charge in [-0.15, -0.1) is 0 Å². The normalized spacial score (nSPS) is 9.33. The average molecular weight is 306 g/mol. The zero-order chi connectivity index (χ0) is 16.5. The highest BCUT2D eigenvalue weighted by molar-refractivity contribution is 5.39. The van der Waals surface area contributed by atoms with Gasteiger partial charge in [-0.1, -0.05) is 84.3 Å². The Morgan fingerprint density at radius 2 is 0.833 bits per heavy atom. The summed E-state index contributed by atoms with van der Waals surface area (Å²) in [5.74, 6) is 13.0. The van der Waals surface area contributed by atoms with Gasteiger partial charge < -0.3 is 0 Å². The van der Waals surface area contributed by atoms with E-state index in [0.717, 1.165) is 24.0 Å². The van der Waals surface area contributed by atoms with Gasteiger partial charge in [0.15, 0.2) is 0 Å². The molecule has 0 heteroatoms. The maximum absolute atomic E-state index is 3.27. The van der Waals surface area contributed by atoms with Crippen molar-refractivity contribution < 1.29 is 0 Å². The largest absolute Gasteiger partial charge is 0.0931 e. The van der Waals surface area contributed by atoms with Crippen LogP contribution in [0.15, 0.2) is 84.9 Å². The first-order valence-corrected chi connectivity index (χ1v) is 8.06. The SMILES string of the molecule is C(#Cc1ccccc1)Cc1ccccc1CC#Cc1ccccc1. The highest BCUT2D eigenvalue weighted by Crippen LogP contribution is 2.10. The standard InChI is InChI=1S/C24H18/c1-3-11-21(12-4-1)15-9-19-23-17-7-8-18-24(23)20-10-16-22-13-5-2-6-14-22/h1-8,11-14,17-18H,19-20H2.